The summed E-state index contributed by atoms with van der Waals surface area (Å²) >= 11 is 0. The molecule has 8 atom stereocenters. The van der Waals surface area contributed by atoms with Crippen molar-refractivity contribution in [3.63, 3.8) is 0 Å². The third-order valence-electron chi connectivity index (χ3n) is 12.2. The predicted octanol–water partition coefficient (Wildman–Crippen LogP) is 10.9. The van der Waals surface area contributed by atoms with Gasteiger partial charge in [0.25, 0.3) is 0 Å². The van der Waals surface area contributed by atoms with Crippen LogP contribution in [0.1, 0.15) is 239 Å². The highest BCUT2D eigenvalue weighted by molar-refractivity contribution is 7.47. The van der Waals surface area contributed by atoms with Crippen LogP contribution in [0.2, 0.25) is 0 Å². The van der Waals surface area contributed by atoms with Crippen molar-refractivity contribution in [1.82, 2.24) is 0 Å². The van der Waals surface area contributed by atoms with Gasteiger partial charge in [-0.05, 0) is 12.8 Å². The number of esters is 1. The average Bonchev–Trinajstić information content (AvgIpc) is 3.24. The molecule has 0 aromatic heterocycles. The number of carbonyl (C=O) groups is 1. The van der Waals surface area contributed by atoms with Gasteiger partial charge in [0, 0.05) is 13.0 Å². The molecule has 364 valence electrons. The zero-order valence-electron chi connectivity index (χ0n) is 39.0. The number of aliphatic hydroxyl groups excluding tert-OH is 5. The molecule has 6 N–H and O–H groups in total. The van der Waals surface area contributed by atoms with Gasteiger partial charge in [-0.3, -0.25) is 13.8 Å². The van der Waals surface area contributed by atoms with E-state index >= 15 is 0 Å². The molecule has 1 saturated carbocycles. The summed E-state index contributed by atoms with van der Waals surface area (Å²) in [6.07, 6.45) is 30.3. The van der Waals surface area contributed by atoms with Crippen molar-refractivity contribution >= 4 is 13.8 Å². The maximum Gasteiger partial charge on any atom is 0.472 e. The van der Waals surface area contributed by atoms with E-state index in [0.717, 1.165) is 38.5 Å². The van der Waals surface area contributed by atoms with Gasteiger partial charge in [-0.2, -0.15) is 0 Å². The third kappa shape index (κ3) is 31.8. The first-order valence-electron chi connectivity index (χ1n) is 25.4. The third-order valence-corrected chi connectivity index (χ3v) is 13.2. The largest absolute Gasteiger partial charge is 0.472 e. The van der Waals surface area contributed by atoms with Gasteiger partial charge in [0.05, 0.1) is 13.2 Å². The number of ether oxygens (including phenoxy) is 2. The minimum Gasteiger partial charge on any atom is -0.457 e. The second kappa shape index (κ2) is 39.7. The van der Waals surface area contributed by atoms with E-state index in [0.29, 0.717) is 13.0 Å². The lowest BCUT2D eigenvalue weighted by molar-refractivity contribution is -0.220. The Morgan fingerprint density at radius 1 is 0.459 bits per heavy atom. The van der Waals surface area contributed by atoms with E-state index in [1.54, 1.807) is 0 Å². The molecule has 12 nitrogen and oxygen atoms in total. The lowest BCUT2D eigenvalue weighted by Gasteiger charge is -2.41. The van der Waals surface area contributed by atoms with Crippen LogP contribution in [-0.2, 0) is 27.9 Å². The Hall–Kier alpha value is -0.660. The lowest BCUT2D eigenvalue weighted by atomic mass is 9.85. The number of hydrogen-bond acceptors (Lipinski definition) is 11. The standard InChI is InChI=1S/C48H95O12P/c1-3-5-7-9-11-13-15-17-19-20-21-22-23-24-26-28-30-32-34-36-38-57-39-41(40-58-61(55,56)60-48-46(53)44(51)43(50)45(52)47(48)54)59-42(49)37-35-33-31-29-27-25-18-16-14-12-10-8-6-4-2/h41,43-48,50-54H,3-40H2,1-2H3,(H,55,56)/t41-,43?,44-,45?,46?,47?,48?/m1/s1. The summed E-state index contributed by atoms with van der Waals surface area (Å²) in [5.41, 5.74) is 0. The van der Waals surface area contributed by atoms with Gasteiger partial charge in [-0.25, -0.2) is 4.57 Å². The number of phosphoric acid groups is 1. The fraction of sp³-hybridized carbons (Fsp3) is 0.979. The summed E-state index contributed by atoms with van der Waals surface area (Å²) in [6, 6.07) is 0. The van der Waals surface area contributed by atoms with Gasteiger partial charge in [-0.1, -0.05) is 219 Å². The van der Waals surface area contributed by atoms with Gasteiger partial charge >= 0.3 is 13.8 Å². The van der Waals surface area contributed by atoms with Crippen molar-refractivity contribution in [1.29, 1.82) is 0 Å². The highest BCUT2D eigenvalue weighted by atomic mass is 31.2. The first kappa shape index (κ1) is 58.4. The smallest absolute Gasteiger partial charge is 0.457 e. The molecule has 1 aliphatic carbocycles. The minimum atomic E-state index is -5.01. The molecule has 1 fully saturated rings. The van der Waals surface area contributed by atoms with Crippen LogP contribution in [0.25, 0.3) is 0 Å². The van der Waals surface area contributed by atoms with Gasteiger partial charge < -0.3 is 39.9 Å². The fourth-order valence-electron chi connectivity index (χ4n) is 8.18. The van der Waals surface area contributed by atoms with Crippen LogP contribution in [-0.4, -0.2) is 98.9 Å². The Labute approximate surface area is 372 Å². The van der Waals surface area contributed by atoms with Crippen molar-refractivity contribution in [2.45, 2.75) is 281 Å². The maximum absolute atomic E-state index is 12.8. The zero-order chi connectivity index (χ0) is 44.8. The first-order chi connectivity index (χ1) is 29.5. The first-order valence-corrected chi connectivity index (χ1v) is 26.9. The zero-order valence-corrected chi connectivity index (χ0v) is 39.9. The van der Waals surface area contributed by atoms with Gasteiger partial charge in [0.1, 0.15) is 42.7 Å². The van der Waals surface area contributed by atoms with Crippen molar-refractivity contribution in [2.75, 3.05) is 19.8 Å². The Kier molecular flexibility index (Phi) is 38.0. The van der Waals surface area contributed by atoms with Crippen molar-refractivity contribution in [2.24, 2.45) is 0 Å². The fourth-order valence-corrected chi connectivity index (χ4v) is 9.15. The van der Waals surface area contributed by atoms with E-state index in [2.05, 4.69) is 13.8 Å². The van der Waals surface area contributed by atoms with Crippen LogP contribution in [0.5, 0.6) is 0 Å². The molecule has 0 aliphatic heterocycles. The normalized spacial score (nSPS) is 22.0. The Bertz CT molecular complexity index is 1020. The number of hydrogen-bond donors (Lipinski definition) is 6. The van der Waals surface area contributed by atoms with E-state index in [9.17, 15) is 39.8 Å². The SMILES string of the molecule is CCCCCCCCCCCCCCCCCCCCCCOC[C@H](COP(=O)(O)OC1C(O)C(O)C(O)[C@@H](O)C1O)OC(=O)CCCCCCCCCCCCCCCC. The number of aliphatic hydroxyl groups is 5. The van der Waals surface area contributed by atoms with Gasteiger partial charge in [0.15, 0.2) is 0 Å². The lowest BCUT2D eigenvalue weighted by Crippen LogP contribution is -2.64. The number of unbranched alkanes of at least 4 members (excludes halogenated alkanes) is 32. The van der Waals surface area contributed by atoms with Gasteiger partial charge in [0.2, 0.25) is 0 Å². The number of carbonyl (C=O) groups excluding carboxylic acids is 1. The van der Waals surface area contributed by atoms with Crippen molar-refractivity contribution < 1.29 is 58.3 Å². The molecule has 13 heteroatoms. The Morgan fingerprint density at radius 3 is 1.13 bits per heavy atom. The molecule has 61 heavy (non-hydrogen) atoms. The number of phosphoric ester groups is 1. The quantitative estimate of drug-likeness (QED) is 0.0193. The molecule has 0 aromatic rings. The average molecular weight is 895 g/mol. The monoisotopic (exact) mass is 895 g/mol. The van der Waals surface area contributed by atoms with Crippen LogP contribution in [0.3, 0.4) is 0 Å². The predicted molar refractivity (Wildman–Crippen MR) is 244 cm³/mol. The second-order valence-electron chi connectivity index (χ2n) is 18.0. The molecular weight excluding hydrogens is 799 g/mol. The van der Waals surface area contributed by atoms with Crippen molar-refractivity contribution in [3.05, 3.63) is 0 Å². The van der Waals surface area contributed by atoms with Crippen LogP contribution < -0.4 is 0 Å². The summed E-state index contributed by atoms with van der Waals surface area (Å²) in [7, 11) is -5.01. The molecule has 0 radical (unpaired) electrons. The summed E-state index contributed by atoms with van der Waals surface area (Å²) in [6.45, 7) is 4.31. The summed E-state index contributed by atoms with van der Waals surface area (Å²) in [5, 5.41) is 50.2. The molecule has 0 amide bonds. The molecule has 1 aliphatic rings. The van der Waals surface area contributed by atoms with Crippen LogP contribution in [0.4, 0.5) is 0 Å². The second-order valence-corrected chi connectivity index (χ2v) is 19.4. The minimum absolute atomic E-state index is 0.0676. The van der Waals surface area contributed by atoms with E-state index in [1.807, 2.05) is 0 Å². The van der Waals surface area contributed by atoms with Gasteiger partial charge in [-0.15, -0.1) is 0 Å². The topological polar surface area (TPSA) is 192 Å². The Morgan fingerprint density at radius 2 is 0.770 bits per heavy atom. The molecule has 0 bridgehead atoms. The molecule has 0 spiro atoms. The molecule has 0 heterocycles. The van der Waals surface area contributed by atoms with Crippen LogP contribution >= 0.6 is 7.82 Å². The summed E-state index contributed by atoms with van der Waals surface area (Å²) in [5.74, 6) is -0.470. The Balaban J connectivity index is 2.31. The molecular formula is C48H95O12P. The highest BCUT2D eigenvalue weighted by Crippen LogP contribution is 2.47. The molecule has 1 rings (SSSR count). The molecule has 0 saturated heterocycles. The maximum atomic E-state index is 12.8. The van der Waals surface area contributed by atoms with Crippen molar-refractivity contribution in [3.8, 4) is 0 Å². The summed E-state index contributed by atoms with van der Waals surface area (Å²) in [4.78, 5) is 23.2. The molecule has 6 unspecified atom stereocenters. The summed E-state index contributed by atoms with van der Waals surface area (Å²) < 4.78 is 34.3. The van der Waals surface area contributed by atoms with Crippen LogP contribution in [0, 0.1) is 0 Å². The van der Waals surface area contributed by atoms with E-state index in [-0.39, 0.29) is 13.0 Å². The molecule has 0 aromatic carbocycles. The van der Waals surface area contributed by atoms with E-state index in [1.165, 1.54) is 173 Å². The van der Waals surface area contributed by atoms with Crippen LogP contribution in [0.15, 0.2) is 0 Å². The highest BCUT2D eigenvalue weighted by Gasteiger charge is 2.51. The van der Waals surface area contributed by atoms with E-state index < -0.39 is 63.1 Å². The number of rotatable bonds is 44. The van der Waals surface area contributed by atoms with E-state index in [4.69, 9.17) is 18.5 Å².